The van der Waals surface area contributed by atoms with Crippen molar-refractivity contribution in [1.82, 2.24) is 0 Å². The molecule has 152 valence electrons. The first-order chi connectivity index (χ1) is 13.9. The van der Waals surface area contributed by atoms with Crippen LogP contribution in [-0.4, -0.2) is 21.0 Å². The molecule has 1 aliphatic heterocycles. The van der Waals surface area contributed by atoms with Crippen molar-refractivity contribution >= 4 is 11.0 Å². The largest absolute Gasteiger partial charge is 0.493 e. The fourth-order valence-corrected chi connectivity index (χ4v) is 4.01. The number of quaternary nitrogens is 1. The van der Waals surface area contributed by atoms with Gasteiger partial charge >= 0.3 is 5.63 Å². The van der Waals surface area contributed by atoms with Gasteiger partial charge in [-0.2, -0.15) is 0 Å². The van der Waals surface area contributed by atoms with Crippen molar-refractivity contribution in [2.75, 3.05) is 21.0 Å². The van der Waals surface area contributed by atoms with E-state index in [-0.39, 0.29) is 5.63 Å². The molecule has 2 heterocycles. The highest BCUT2D eigenvalue weighted by atomic mass is 16.5. The average molecular weight is 396 g/mol. The number of aryl methyl sites for hydroxylation is 2. The lowest BCUT2D eigenvalue weighted by Crippen LogP contribution is -3.10. The van der Waals surface area contributed by atoms with E-state index in [1.54, 1.807) is 21.1 Å². The normalized spacial score (nSPS) is 15.7. The molecule has 0 aliphatic carbocycles. The molecule has 0 spiro atoms. The molecule has 1 unspecified atom stereocenters. The Kier molecular flexibility index (Phi) is 4.96. The molecule has 4 rings (SSSR count). The Morgan fingerprint density at radius 3 is 2.48 bits per heavy atom. The van der Waals surface area contributed by atoms with Gasteiger partial charge in [0.2, 0.25) is 6.73 Å². The minimum Gasteiger partial charge on any atom is -0.493 e. The van der Waals surface area contributed by atoms with Crippen LogP contribution in [0.3, 0.4) is 0 Å². The predicted octanol–water partition coefficient (Wildman–Crippen LogP) is 2.67. The topological polar surface area (TPSA) is 62.3 Å². The summed E-state index contributed by atoms with van der Waals surface area (Å²) < 4.78 is 22.4. The maximum Gasteiger partial charge on any atom is 0.339 e. The van der Waals surface area contributed by atoms with Crippen LogP contribution in [0.1, 0.15) is 27.8 Å². The SMILES string of the molecule is COc1ccc(C[NH+]2COc3c(cc4c(C)c(C)c(=O)oc4c3C)C2)cc1OC. The van der Waals surface area contributed by atoms with Gasteiger partial charge in [0.05, 0.1) is 14.2 Å². The summed E-state index contributed by atoms with van der Waals surface area (Å²) in [5, 5.41) is 0.981. The highest BCUT2D eigenvalue weighted by Gasteiger charge is 2.26. The molecule has 0 saturated heterocycles. The zero-order valence-corrected chi connectivity index (χ0v) is 17.5. The zero-order valence-electron chi connectivity index (χ0n) is 17.5. The first-order valence-electron chi connectivity index (χ1n) is 9.66. The third kappa shape index (κ3) is 3.34. The third-order valence-electron chi connectivity index (χ3n) is 5.77. The molecule has 29 heavy (non-hydrogen) atoms. The molecule has 1 N–H and O–H groups in total. The summed E-state index contributed by atoms with van der Waals surface area (Å²) in [6.45, 7) is 7.91. The third-order valence-corrected chi connectivity index (χ3v) is 5.77. The predicted molar refractivity (Wildman–Crippen MR) is 110 cm³/mol. The molecule has 2 aromatic carbocycles. The fourth-order valence-electron chi connectivity index (χ4n) is 4.01. The van der Waals surface area contributed by atoms with E-state index in [9.17, 15) is 4.79 Å². The smallest absolute Gasteiger partial charge is 0.339 e. The molecule has 0 fully saturated rings. The van der Waals surface area contributed by atoms with Gasteiger partial charge in [0.25, 0.3) is 0 Å². The van der Waals surface area contributed by atoms with Crippen LogP contribution in [-0.2, 0) is 13.1 Å². The molecule has 1 aromatic heterocycles. The van der Waals surface area contributed by atoms with Crippen LogP contribution in [0.2, 0.25) is 0 Å². The van der Waals surface area contributed by atoms with Crippen molar-refractivity contribution in [2.24, 2.45) is 0 Å². The summed E-state index contributed by atoms with van der Waals surface area (Å²) in [6.07, 6.45) is 0. The molecule has 0 bridgehead atoms. The highest BCUT2D eigenvalue weighted by Crippen LogP contribution is 2.34. The van der Waals surface area contributed by atoms with Gasteiger partial charge in [0.1, 0.15) is 24.4 Å². The lowest BCUT2D eigenvalue weighted by atomic mass is 9.99. The van der Waals surface area contributed by atoms with Crippen molar-refractivity contribution in [3.05, 3.63) is 62.5 Å². The van der Waals surface area contributed by atoms with Gasteiger partial charge in [-0.3, -0.25) is 4.90 Å². The number of ether oxygens (including phenoxy) is 3. The van der Waals surface area contributed by atoms with E-state index >= 15 is 0 Å². The van der Waals surface area contributed by atoms with Crippen LogP contribution < -0.4 is 24.7 Å². The minimum atomic E-state index is -0.283. The van der Waals surface area contributed by atoms with Crippen molar-refractivity contribution < 1.29 is 23.5 Å². The van der Waals surface area contributed by atoms with Crippen molar-refractivity contribution in [3.63, 3.8) is 0 Å². The summed E-state index contributed by atoms with van der Waals surface area (Å²) in [6, 6.07) is 8.10. The van der Waals surface area contributed by atoms with Gasteiger partial charge in [0.15, 0.2) is 11.5 Å². The van der Waals surface area contributed by atoms with Crippen molar-refractivity contribution in [2.45, 2.75) is 33.9 Å². The number of benzene rings is 2. The van der Waals surface area contributed by atoms with Crippen LogP contribution in [0, 0.1) is 20.8 Å². The van der Waals surface area contributed by atoms with Crippen LogP contribution in [0.25, 0.3) is 11.0 Å². The number of methoxy groups -OCH3 is 2. The quantitative estimate of drug-likeness (QED) is 0.687. The van der Waals surface area contributed by atoms with Crippen LogP contribution >= 0.6 is 0 Å². The van der Waals surface area contributed by atoms with E-state index in [0.29, 0.717) is 17.9 Å². The molecule has 6 heteroatoms. The molecule has 0 radical (unpaired) electrons. The van der Waals surface area contributed by atoms with E-state index in [1.165, 1.54) is 4.90 Å². The van der Waals surface area contributed by atoms with E-state index < -0.39 is 0 Å². The van der Waals surface area contributed by atoms with E-state index in [0.717, 1.165) is 58.0 Å². The van der Waals surface area contributed by atoms with Gasteiger partial charge in [-0.25, -0.2) is 4.79 Å². The fraction of sp³-hybridized carbons (Fsp3) is 0.348. The molecule has 1 aliphatic rings. The average Bonchev–Trinajstić information content (AvgIpc) is 2.73. The Labute approximate surface area is 169 Å². The Morgan fingerprint density at radius 1 is 1.00 bits per heavy atom. The molecular formula is C23H26NO5+. The summed E-state index contributed by atoms with van der Waals surface area (Å²) in [7, 11) is 3.28. The monoisotopic (exact) mass is 396 g/mol. The van der Waals surface area contributed by atoms with E-state index in [4.69, 9.17) is 18.6 Å². The molecule has 0 amide bonds. The number of hydrogen-bond donors (Lipinski definition) is 1. The Morgan fingerprint density at radius 2 is 1.76 bits per heavy atom. The van der Waals surface area contributed by atoms with Crippen LogP contribution in [0.4, 0.5) is 0 Å². The lowest BCUT2D eigenvalue weighted by molar-refractivity contribution is -0.945. The van der Waals surface area contributed by atoms with E-state index in [2.05, 4.69) is 12.1 Å². The Balaban J connectivity index is 1.66. The summed E-state index contributed by atoms with van der Waals surface area (Å²) in [4.78, 5) is 13.4. The number of nitrogens with one attached hydrogen (secondary N) is 1. The molecular weight excluding hydrogens is 370 g/mol. The number of hydrogen-bond acceptors (Lipinski definition) is 5. The second kappa shape index (κ2) is 7.44. The molecule has 6 nitrogen and oxygen atoms in total. The first-order valence-corrected chi connectivity index (χ1v) is 9.66. The summed E-state index contributed by atoms with van der Waals surface area (Å²) >= 11 is 0. The molecule has 0 saturated carbocycles. The Bertz CT molecular complexity index is 1150. The second-order valence-electron chi connectivity index (χ2n) is 7.59. The second-order valence-corrected chi connectivity index (χ2v) is 7.59. The minimum absolute atomic E-state index is 0.283. The lowest BCUT2D eigenvalue weighted by Gasteiger charge is -2.28. The maximum absolute atomic E-state index is 12.1. The molecule has 3 aromatic rings. The van der Waals surface area contributed by atoms with Crippen LogP contribution in [0.15, 0.2) is 33.5 Å². The highest BCUT2D eigenvalue weighted by molar-refractivity contribution is 5.86. The van der Waals surface area contributed by atoms with Gasteiger partial charge in [-0.05, 0) is 50.6 Å². The van der Waals surface area contributed by atoms with Gasteiger partial charge in [0, 0.05) is 27.6 Å². The van der Waals surface area contributed by atoms with Gasteiger partial charge in [-0.15, -0.1) is 0 Å². The van der Waals surface area contributed by atoms with Gasteiger partial charge < -0.3 is 18.6 Å². The van der Waals surface area contributed by atoms with Crippen LogP contribution in [0.5, 0.6) is 17.2 Å². The van der Waals surface area contributed by atoms with Gasteiger partial charge in [-0.1, -0.05) is 0 Å². The first kappa shape index (κ1) is 19.3. The Hall–Kier alpha value is -2.99. The number of fused-ring (bicyclic) bond motifs is 2. The number of rotatable bonds is 4. The standard InChI is InChI=1S/C23H25NO5/c1-13-14(2)23(25)29-22-15(3)21-17(9-18(13)22)11-24(12-28-21)10-16-6-7-19(26-4)20(8-16)27-5/h6-9H,10-12H2,1-5H3/p+1. The van der Waals surface area contributed by atoms with Crippen molar-refractivity contribution in [1.29, 1.82) is 0 Å². The van der Waals surface area contributed by atoms with E-state index in [1.807, 2.05) is 26.0 Å². The zero-order chi connectivity index (χ0) is 20.7. The summed E-state index contributed by atoms with van der Waals surface area (Å²) in [5.41, 5.74) is 5.14. The van der Waals surface area contributed by atoms with Crippen molar-refractivity contribution in [3.8, 4) is 17.2 Å². The summed E-state index contributed by atoms with van der Waals surface area (Å²) in [5.74, 6) is 2.28. The molecule has 1 atom stereocenters. The maximum atomic E-state index is 12.1.